The highest BCUT2D eigenvalue weighted by Crippen LogP contribution is 2.28. The van der Waals surface area contributed by atoms with Crippen molar-refractivity contribution in [3.63, 3.8) is 0 Å². The van der Waals surface area contributed by atoms with Crippen LogP contribution in [0.15, 0.2) is 35.4 Å². The summed E-state index contributed by atoms with van der Waals surface area (Å²) in [6.45, 7) is 0. The molecule has 0 spiro atoms. The molecule has 1 heterocycles. The molecule has 86 valence electrons. The lowest BCUT2D eigenvalue weighted by atomic mass is 10.2. The van der Waals surface area contributed by atoms with Crippen molar-refractivity contribution >= 4 is 16.8 Å². The van der Waals surface area contributed by atoms with Crippen molar-refractivity contribution in [1.29, 1.82) is 0 Å². The Morgan fingerprint density at radius 1 is 1.35 bits per heavy atom. The Hall–Kier alpha value is -2.17. The van der Waals surface area contributed by atoms with Crippen LogP contribution in [-0.4, -0.2) is 15.6 Å². The molecule has 5 nitrogen and oxygen atoms in total. The summed E-state index contributed by atoms with van der Waals surface area (Å²) in [4.78, 5) is 27.7. The minimum Gasteiger partial charge on any atom is -0.273 e. The molecular weight excluding hydrogens is 218 g/mol. The number of carbonyl (C=O) groups is 1. The van der Waals surface area contributed by atoms with E-state index in [4.69, 9.17) is 0 Å². The topological polar surface area (TPSA) is 64.0 Å². The molecule has 5 heteroatoms. The second-order valence-electron chi connectivity index (χ2n) is 4.19. The largest absolute Gasteiger partial charge is 0.280 e. The lowest BCUT2D eigenvalue weighted by Gasteiger charge is -2.07. The highest BCUT2D eigenvalue weighted by molar-refractivity contribution is 5.88. The van der Waals surface area contributed by atoms with Crippen LogP contribution < -0.4 is 11.0 Å². The van der Waals surface area contributed by atoms with Crippen LogP contribution in [-0.2, 0) is 4.79 Å². The first-order chi connectivity index (χ1) is 8.25. The average molecular weight is 229 g/mol. The molecule has 3 rings (SSSR count). The van der Waals surface area contributed by atoms with Gasteiger partial charge in [-0.15, -0.1) is 0 Å². The molecule has 1 aliphatic carbocycles. The van der Waals surface area contributed by atoms with Crippen LogP contribution in [0.3, 0.4) is 0 Å². The quantitative estimate of drug-likeness (QED) is 0.831. The lowest BCUT2D eigenvalue weighted by Crippen LogP contribution is -2.33. The van der Waals surface area contributed by atoms with Crippen molar-refractivity contribution < 1.29 is 4.79 Å². The first-order valence-electron chi connectivity index (χ1n) is 5.53. The Labute approximate surface area is 97.1 Å². The van der Waals surface area contributed by atoms with Gasteiger partial charge in [0.15, 0.2) is 0 Å². The molecular formula is C12H11N3O2. The van der Waals surface area contributed by atoms with E-state index < -0.39 is 0 Å². The lowest BCUT2D eigenvalue weighted by molar-refractivity contribution is -0.118. The van der Waals surface area contributed by atoms with Gasteiger partial charge in [-0.2, -0.15) is 0 Å². The van der Waals surface area contributed by atoms with Gasteiger partial charge >= 0.3 is 0 Å². The number of hydrogen-bond acceptors (Lipinski definition) is 3. The summed E-state index contributed by atoms with van der Waals surface area (Å²) >= 11 is 0. The van der Waals surface area contributed by atoms with E-state index >= 15 is 0 Å². The standard InChI is InChI=1S/C12H11N3O2/c16-11(8-5-6-8)14-15-7-13-10-4-2-1-3-9(10)12(15)17/h1-4,7-8H,5-6H2,(H,14,16). The van der Waals surface area contributed by atoms with Crippen LogP contribution in [0.1, 0.15) is 12.8 Å². The fourth-order valence-electron chi connectivity index (χ4n) is 1.70. The summed E-state index contributed by atoms with van der Waals surface area (Å²) in [5.41, 5.74) is 2.95. The van der Waals surface area contributed by atoms with Crippen LogP contribution >= 0.6 is 0 Å². The first-order valence-corrected chi connectivity index (χ1v) is 5.53. The zero-order chi connectivity index (χ0) is 11.8. The third kappa shape index (κ3) is 1.80. The van der Waals surface area contributed by atoms with Crippen molar-refractivity contribution in [1.82, 2.24) is 9.66 Å². The third-order valence-electron chi connectivity index (χ3n) is 2.84. The predicted octanol–water partition coefficient (Wildman–Crippen LogP) is 0.877. The second kappa shape index (κ2) is 3.69. The minimum atomic E-state index is -0.246. The van der Waals surface area contributed by atoms with Crippen LogP contribution in [0.4, 0.5) is 0 Å². The van der Waals surface area contributed by atoms with E-state index in [1.165, 1.54) is 6.33 Å². The zero-order valence-electron chi connectivity index (χ0n) is 9.09. The molecule has 17 heavy (non-hydrogen) atoms. The maximum absolute atomic E-state index is 12.0. The molecule has 1 aliphatic rings. The molecule has 1 fully saturated rings. The number of para-hydroxylation sites is 1. The number of amides is 1. The molecule has 1 aromatic heterocycles. The Morgan fingerprint density at radius 3 is 2.88 bits per heavy atom. The molecule has 1 aromatic carbocycles. The molecule has 0 aliphatic heterocycles. The van der Waals surface area contributed by atoms with E-state index in [1.807, 2.05) is 6.07 Å². The normalized spacial score (nSPS) is 14.8. The predicted molar refractivity (Wildman–Crippen MR) is 63.1 cm³/mol. The maximum Gasteiger partial charge on any atom is 0.280 e. The first kappa shape index (κ1) is 10.0. The van der Waals surface area contributed by atoms with Gasteiger partial charge in [0.1, 0.15) is 6.33 Å². The molecule has 0 unspecified atom stereocenters. The van der Waals surface area contributed by atoms with E-state index in [2.05, 4.69) is 10.4 Å². The summed E-state index contributed by atoms with van der Waals surface area (Å²) < 4.78 is 1.16. The monoisotopic (exact) mass is 229 g/mol. The van der Waals surface area contributed by atoms with E-state index in [0.29, 0.717) is 10.9 Å². The number of fused-ring (bicyclic) bond motifs is 1. The molecule has 1 N–H and O–H groups in total. The Balaban J connectivity index is 2.02. The number of nitrogens with zero attached hydrogens (tertiary/aromatic N) is 2. The maximum atomic E-state index is 12.0. The number of aromatic nitrogens is 2. The van der Waals surface area contributed by atoms with Crippen LogP contribution in [0.25, 0.3) is 10.9 Å². The van der Waals surface area contributed by atoms with E-state index in [-0.39, 0.29) is 17.4 Å². The summed E-state index contributed by atoms with van der Waals surface area (Å²) in [7, 11) is 0. The van der Waals surface area contributed by atoms with Crippen molar-refractivity contribution in [2.75, 3.05) is 5.43 Å². The summed E-state index contributed by atoms with van der Waals surface area (Å²) in [5, 5.41) is 0.506. The van der Waals surface area contributed by atoms with Gasteiger partial charge in [0.2, 0.25) is 5.91 Å². The van der Waals surface area contributed by atoms with Crippen molar-refractivity contribution in [3.8, 4) is 0 Å². The van der Waals surface area contributed by atoms with E-state index in [1.54, 1.807) is 18.2 Å². The highest BCUT2D eigenvalue weighted by Gasteiger charge is 2.30. The Bertz CT molecular complexity index is 643. The molecule has 0 radical (unpaired) electrons. The number of nitrogens with one attached hydrogen (secondary N) is 1. The van der Waals surface area contributed by atoms with Gasteiger partial charge in [0, 0.05) is 5.92 Å². The Morgan fingerprint density at radius 2 is 2.12 bits per heavy atom. The fourth-order valence-corrected chi connectivity index (χ4v) is 1.70. The van der Waals surface area contributed by atoms with Gasteiger partial charge in [-0.25, -0.2) is 9.66 Å². The SMILES string of the molecule is O=C(Nn1cnc2ccccc2c1=O)C1CC1. The average Bonchev–Trinajstić information content (AvgIpc) is 3.17. The fraction of sp³-hybridized carbons (Fsp3) is 0.250. The number of benzene rings is 1. The van der Waals surface area contributed by atoms with Gasteiger partial charge in [0.25, 0.3) is 5.56 Å². The summed E-state index contributed by atoms with van der Waals surface area (Å²) in [6.07, 6.45) is 3.16. The molecule has 2 aromatic rings. The summed E-state index contributed by atoms with van der Waals surface area (Å²) in [5.74, 6) is -0.0439. The summed E-state index contributed by atoms with van der Waals surface area (Å²) in [6, 6.07) is 7.06. The van der Waals surface area contributed by atoms with Crippen molar-refractivity contribution in [2.24, 2.45) is 5.92 Å². The van der Waals surface area contributed by atoms with E-state index in [9.17, 15) is 9.59 Å². The molecule has 0 atom stereocenters. The highest BCUT2D eigenvalue weighted by atomic mass is 16.2. The number of hydrogen-bond donors (Lipinski definition) is 1. The molecule has 0 bridgehead atoms. The van der Waals surface area contributed by atoms with Gasteiger partial charge in [-0.05, 0) is 25.0 Å². The molecule has 1 amide bonds. The molecule has 1 saturated carbocycles. The smallest absolute Gasteiger partial charge is 0.273 e. The van der Waals surface area contributed by atoms with Crippen LogP contribution in [0.2, 0.25) is 0 Å². The van der Waals surface area contributed by atoms with Crippen molar-refractivity contribution in [3.05, 3.63) is 40.9 Å². The zero-order valence-corrected chi connectivity index (χ0v) is 9.09. The van der Waals surface area contributed by atoms with Gasteiger partial charge < -0.3 is 0 Å². The Kier molecular flexibility index (Phi) is 2.18. The van der Waals surface area contributed by atoms with Gasteiger partial charge in [0.05, 0.1) is 10.9 Å². The van der Waals surface area contributed by atoms with Crippen LogP contribution in [0, 0.1) is 5.92 Å². The number of carbonyl (C=O) groups excluding carboxylic acids is 1. The van der Waals surface area contributed by atoms with Crippen LogP contribution in [0.5, 0.6) is 0 Å². The minimum absolute atomic E-state index is 0.0633. The van der Waals surface area contributed by atoms with Gasteiger partial charge in [-0.3, -0.25) is 15.0 Å². The van der Waals surface area contributed by atoms with E-state index in [0.717, 1.165) is 17.5 Å². The van der Waals surface area contributed by atoms with Crippen molar-refractivity contribution in [2.45, 2.75) is 12.8 Å². The van der Waals surface area contributed by atoms with Gasteiger partial charge in [-0.1, -0.05) is 12.1 Å². The second-order valence-corrected chi connectivity index (χ2v) is 4.19. The number of rotatable bonds is 2. The third-order valence-corrected chi connectivity index (χ3v) is 2.84. The molecule has 0 saturated heterocycles.